The van der Waals surface area contributed by atoms with Gasteiger partial charge in [0.25, 0.3) is 0 Å². The number of carbonyl (C=O) groups is 1. The van der Waals surface area contributed by atoms with Crippen molar-refractivity contribution in [1.82, 2.24) is 10.2 Å². The zero-order chi connectivity index (χ0) is 15.1. The van der Waals surface area contributed by atoms with Gasteiger partial charge in [-0.3, -0.25) is 9.69 Å². The highest BCUT2D eigenvalue weighted by Crippen LogP contribution is 2.28. The first kappa shape index (κ1) is 14.9. The van der Waals surface area contributed by atoms with E-state index in [9.17, 15) is 17.1 Å². The highest BCUT2D eigenvalue weighted by atomic mass is 32.3. The van der Waals surface area contributed by atoms with Gasteiger partial charge >= 0.3 is 16.2 Å². The lowest BCUT2D eigenvalue weighted by atomic mass is 9.97. The molecule has 2 heterocycles. The molecule has 2 rings (SSSR count). The number of hydrogen-bond donors (Lipinski definition) is 0. The summed E-state index contributed by atoms with van der Waals surface area (Å²) in [4.78, 5) is 13.0. The second kappa shape index (κ2) is 4.80. The highest BCUT2D eigenvalue weighted by Gasteiger charge is 2.36. The number of rotatable bonds is 3. The maximum atomic E-state index is 12.6. The lowest BCUT2D eigenvalue weighted by molar-refractivity contribution is -0.117. The van der Waals surface area contributed by atoms with Gasteiger partial charge < -0.3 is 4.42 Å². The molecule has 1 aromatic rings. The molecule has 0 N–H and O–H groups in total. The van der Waals surface area contributed by atoms with Gasteiger partial charge in [0.2, 0.25) is 11.8 Å². The molecule has 1 saturated heterocycles. The zero-order valence-electron chi connectivity index (χ0n) is 11.5. The second-order valence-corrected chi connectivity index (χ2v) is 7.33. The Balaban J connectivity index is 2.14. The number of hydrogen-bond acceptors (Lipinski definition) is 6. The summed E-state index contributed by atoms with van der Waals surface area (Å²) < 4.78 is 39.3. The van der Waals surface area contributed by atoms with Crippen molar-refractivity contribution in [3.8, 4) is 0 Å². The van der Waals surface area contributed by atoms with Crippen LogP contribution in [0.2, 0.25) is 0 Å². The quantitative estimate of drug-likeness (QED) is 0.774. The molecule has 0 bridgehead atoms. The van der Waals surface area contributed by atoms with Crippen molar-refractivity contribution < 1.29 is 21.5 Å². The predicted molar refractivity (Wildman–Crippen MR) is 68.4 cm³/mol. The lowest BCUT2D eigenvalue weighted by Gasteiger charge is -2.13. The third-order valence-corrected chi connectivity index (χ3v) is 3.80. The summed E-state index contributed by atoms with van der Waals surface area (Å²) in [6.07, 6.45) is -0.0453. The molecule has 112 valence electrons. The maximum Gasteiger partial charge on any atom is 0.325 e. The largest absolute Gasteiger partial charge is 0.407 e. The van der Waals surface area contributed by atoms with Crippen molar-refractivity contribution in [2.24, 2.45) is 5.92 Å². The van der Waals surface area contributed by atoms with Crippen molar-refractivity contribution in [2.75, 3.05) is 17.2 Å². The molecule has 1 fully saturated rings. The van der Waals surface area contributed by atoms with E-state index in [1.165, 1.54) is 4.90 Å². The number of anilines is 1. The van der Waals surface area contributed by atoms with Crippen LogP contribution in [0.3, 0.4) is 0 Å². The molecular weight excluding hydrogens is 289 g/mol. The molecule has 1 atom stereocenters. The zero-order valence-corrected chi connectivity index (χ0v) is 12.3. The van der Waals surface area contributed by atoms with Gasteiger partial charge in [-0.15, -0.1) is 8.98 Å². The molecule has 0 aromatic carbocycles. The van der Waals surface area contributed by atoms with Crippen LogP contribution >= 0.6 is 0 Å². The molecular formula is C11H16FN3O4S. The van der Waals surface area contributed by atoms with Crippen LogP contribution in [0, 0.1) is 5.92 Å². The standard InChI is InChI=1S/C11H16FN3O4S/c1-11(2,3)9-13-14-10(19-9)15-5-7(4-8(15)16)6-20(12,17)18/h7H,4-6H2,1-3H3. The normalized spacial score (nSPS) is 20.7. The molecule has 1 aromatic heterocycles. The minimum atomic E-state index is -4.60. The maximum absolute atomic E-state index is 12.6. The SMILES string of the molecule is CC(C)(C)c1nnc(N2CC(CS(=O)(=O)F)CC2=O)o1. The summed E-state index contributed by atoms with van der Waals surface area (Å²) in [5.74, 6) is -1.23. The Morgan fingerprint density at radius 1 is 1.40 bits per heavy atom. The third-order valence-electron chi connectivity index (χ3n) is 2.93. The molecule has 1 aliphatic rings. The Kier molecular flexibility index (Phi) is 3.57. The molecule has 20 heavy (non-hydrogen) atoms. The van der Waals surface area contributed by atoms with Gasteiger partial charge in [-0.2, -0.15) is 8.42 Å². The number of halogens is 1. The molecule has 0 radical (unpaired) electrons. The Labute approximate surface area is 116 Å². The number of amides is 1. The van der Waals surface area contributed by atoms with Crippen LogP contribution in [0.15, 0.2) is 4.42 Å². The van der Waals surface area contributed by atoms with E-state index in [1.807, 2.05) is 20.8 Å². The van der Waals surface area contributed by atoms with Crippen LogP contribution in [0.1, 0.15) is 33.1 Å². The fourth-order valence-corrected chi connectivity index (χ4v) is 2.77. The number of carbonyl (C=O) groups excluding carboxylic acids is 1. The van der Waals surface area contributed by atoms with Crippen LogP contribution < -0.4 is 4.90 Å². The molecule has 7 nitrogen and oxygen atoms in total. The Bertz CT molecular complexity index is 620. The average molecular weight is 305 g/mol. The van der Waals surface area contributed by atoms with Crippen molar-refractivity contribution in [3.05, 3.63) is 5.89 Å². The van der Waals surface area contributed by atoms with Crippen molar-refractivity contribution >= 4 is 22.1 Å². The van der Waals surface area contributed by atoms with Gasteiger partial charge in [0.1, 0.15) is 0 Å². The van der Waals surface area contributed by atoms with Gasteiger partial charge in [-0.05, 0) is 0 Å². The lowest BCUT2D eigenvalue weighted by Crippen LogP contribution is -2.25. The summed E-state index contributed by atoms with van der Waals surface area (Å²) in [5, 5.41) is 7.65. The fourth-order valence-electron chi connectivity index (χ4n) is 1.99. The third kappa shape index (κ3) is 3.33. The second-order valence-electron chi connectivity index (χ2n) is 5.92. The van der Waals surface area contributed by atoms with Crippen LogP contribution in [-0.4, -0.2) is 36.8 Å². The minimum absolute atomic E-state index is 0.0266. The van der Waals surface area contributed by atoms with E-state index in [4.69, 9.17) is 4.42 Å². The molecule has 9 heteroatoms. The first-order valence-electron chi connectivity index (χ1n) is 6.13. The van der Waals surface area contributed by atoms with Crippen LogP contribution in [0.5, 0.6) is 0 Å². The first-order valence-corrected chi connectivity index (χ1v) is 7.68. The van der Waals surface area contributed by atoms with E-state index >= 15 is 0 Å². The Hall–Kier alpha value is -1.51. The molecule has 1 unspecified atom stereocenters. The molecule has 1 aliphatic heterocycles. The fraction of sp³-hybridized carbons (Fsp3) is 0.727. The van der Waals surface area contributed by atoms with Gasteiger partial charge in [0, 0.05) is 24.3 Å². The Morgan fingerprint density at radius 3 is 2.55 bits per heavy atom. The Morgan fingerprint density at radius 2 is 2.05 bits per heavy atom. The molecule has 1 amide bonds. The van der Waals surface area contributed by atoms with Gasteiger partial charge in [-0.25, -0.2) is 0 Å². The molecule has 0 aliphatic carbocycles. The van der Waals surface area contributed by atoms with Crippen molar-refractivity contribution in [2.45, 2.75) is 32.6 Å². The van der Waals surface area contributed by atoms with E-state index in [0.717, 1.165) is 0 Å². The summed E-state index contributed by atoms with van der Waals surface area (Å²) in [5.41, 5.74) is -0.351. The van der Waals surface area contributed by atoms with Crippen molar-refractivity contribution in [1.29, 1.82) is 0 Å². The topological polar surface area (TPSA) is 93.4 Å². The van der Waals surface area contributed by atoms with Crippen LogP contribution in [0.4, 0.5) is 9.90 Å². The van der Waals surface area contributed by atoms with E-state index in [2.05, 4.69) is 10.2 Å². The van der Waals surface area contributed by atoms with Gasteiger partial charge in [-0.1, -0.05) is 25.9 Å². The average Bonchev–Trinajstić information content (AvgIpc) is 2.81. The van der Waals surface area contributed by atoms with Crippen LogP contribution in [-0.2, 0) is 20.4 Å². The smallest absolute Gasteiger partial charge is 0.325 e. The summed E-state index contributed by atoms with van der Waals surface area (Å²) in [6.45, 7) is 5.71. The van der Waals surface area contributed by atoms with E-state index in [0.29, 0.717) is 5.89 Å². The summed E-state index contributed by atoms with van der Waals surface area (Å²) in [6, 6.07) is 0.0266. The summed E-state index contributed by atoms with van der Waals surface area (Å²) in [7, 11) is -4.60. The van der Waals surface area contributed by atoms with E-state index < -0.39 is 21.9 Å². The monoisotopic (exact) mass is 305 g/mol. The van der Waals surface area contributed by atoms with Crippen molar-refractivity contribution in [3.63, 3.8) is 0 Å². The van der Waals surface area contributed by atoms with E-state index in [1.54, 1.807) is 0 Å². The minimum Gasteiger partial charge on any atom is -0.407 e. The molecule has 0 spiro atoms. The molecule has 0 saturated carbocycles. The van der Waals surface area contributed by atoms with E-state index in [-0.39, 0.29) is 30.3 Å². The highest BCUT2D eigenvalue weighted by molar-refractivity contribution is 7.86. The van der Waals surface area contributed by atoms with Gasteiger partial charge in [0.05, 0.1) is 5.75 Å². The first-order chi connectivity index (χ1) is 9.06. The van der Waals surface area contributed by atoms with Crippen LogP contribution in [0.25, 0.3) is 0 Å². The van der Waals surface area contributed by atoms with Gasteiger partial charge in [0.15, 0.2) is 0 Å². The number of aromatic nitrogens is 2. The number of nitrogens with zero attached hydrogens (tertiary/aromatic N) is 3. The predicted octanol–water partition coefficient (Wildman–Crippen LogP) is 1.02. The summed E-state index contributed by atoms with van der Waals surface area (Å²) >= 11 is 0.